The van der Waals surface area contributed by atoms with Gasteiger partial charge >= 0.3 is 6.03 Å². The van der Waals surface area contributed by atoms with Crippen LogP contribution in [0, 0.1) is 10.1 Å². The molecule has 2 fully saturated rings. The Kier molecular flexibility index (Phi) is 5.42. The lowest BCUT2D eigenvalue weighted by molar-refractivity contribution is -0.384. The van der Waals surface area contributed by atoms with Gasteiger partial charge in [-0.2, -0.15) is 11.8 Å². The van der Waals surface area contributed by atoms with Crippen LogP contribution in [0.25, 0.3) is 0 Å². The van der Waals surface area contributed by atoms with Crippen molar-refractivity contribution in [1.29, 1.82) is 0 Å². The van der Waals surface area contributed by atoms with Crippen LogP contribution in [0.3, 0.4) is 0 Å². The fourth-order valence-corrected chi connectivity index (χ4v) is 4.71. The van der Waals surface area contributed by atoms with Crippen molar-refractivity contribution in [1.82, 2.24) is 10.6 Å². The van der Waals surface area contributed by atoms with Crippen molar-refractivity contribution >= 4 is 35.1 Å². The number of amides is 3. The summed E-state index contributed by atoms with van der Waals surface area (Å²) in [6, 6.07) is 6.14. The molecule has 3 N–H and O–H groups in total. The summed E-state index contributed by atoms with van der Waals surface area (Å²) in [5, 5.41) is 19.6. The zero-order valence-electron chi connectivity index (χ0n) is 13.6. The van der Waals surface area contributed by atoms with Crippen molar-refractivity contribution in [3.63, 3.8) is 0 Å². The number of unbranched alkanes of at least 4 members (excludes halogenated alkanes) is 1. The number of hydrogen-bond donors (Lipinski definition) is 3. The van der Waals surface area contributed by atoms with Crippen LogP contribution in [0.4, 0.5) is 16.2 Å². The number of thioether (sulfide) groups is 1. The zero-order chi connectivity index (χ0) is 17.8. The Hall–Kier alpha value is -2.29. The highest BCUT2D eigenvalue weighted by Gasteiger charge is 2.42. The summed E-state index contributed by atoms with van der Waals surface area (Å²) in [6.07, 6.45) is 3.07. The van der Waals surface area contributed by atoms with Gasteiger partial charge < -0.3 is 16.0 Å². The van der Waals surface area contributed by atoms with Crippen LogP contribution in [0.15, 0.2) is 24.3 Å². The Bertz CT molecular complexity index is 667. The smallest absolute Gasteiger partial charge is 0.315 e. The summed E-state index contributed by atoms with van der Waals surface area (Å²) in [7, 11) is 0. The molecule has 3 atom stereocenters. The Morgan fingerprint density at radius 2 is 2.04 bits per heavy atom. The summed E-state index contributed by atoms with van der Waals surface area (Å²) >= 11 is 1.87. The number of urea groups is 1. The molecule has 3 amide bonds. The van der Waals surface area contributed by atoms with Crippen molar-refractivity contribution in [3.05, 3.63) is 34.4 Å². The van der Waals surface area contributed by atoms with Crippen LogP contribution in [0.2, 0.25) is 0 Å². The molecule has 0 aromatic heterocycles. The number of nitrogens with zero attached hydrogens (tertiary/aromatic N) is 1. The molecule has 0 radical (unpaired) electrons. The van der Waals surface area contributed by atoms with E-state index in [2.05, 4.69) is 16.0 Å². The molecule has 2 aliphatic rings. The third-order valence-electron chi connectivity index (χ3n) is 4.44. The number of nitrogens with one attached hydrogen (secondary N) is 3. The highest BCUT2D eigenvalue weighted by atomic mass is 32.2. The number of anilines is 1. The van der Waals surface area contributed by atoms with Crippen LogP contribution in [0.1, 0.15) is 25.7 Å². The Labute approximate surface area is 149 Å². The molecule has 25 heavy (non-hydrogen) atoms. The molecule has 1 aromatic carbocycles. The molecular weight excluding hydrogens is 344 g/mol. The van der Waals surface area contributed by atoms with Gasteiger partial charge in [-0.05, 0) is 25.0 Å². The van der Waals surface area contributed by atoms with Gasteiger partial charge in [-0.1, -0.05) is 6.42 Å². The van der Waals surface area contributed by atoms with Gasteiger partial charge in [0.1, 0.15) is 0 Å². The molecule has 0 spiro atoms. The molecular formula is C16H20N4O4S. The first-order valence-electron chi connectivity index (χ1n) is 8.26. The average molecular weight is 364 g/mol. The predicted octanol–water partition coefficient (Wildman–Crippen LogP) is 2.26. The first kappa shape index (κ1) is 17.5. The van der Waals surface area contributed by atoms with E-state index < -0.39 is 4.92 Å². The second kappa shape index (κ2) is 7.73. The lowest BCUT2D eigenvalue weighted by atomic mass is 10.0. The molecule has 9 heteroatoms. The van der Waals surface area contributed by atoms with Gasteiger partial charge in [-0.15, -0.1) is 0 Å². The van der Waals surface area contributed by atoms with Crippen molar-refractivity contribution < 1.29 is 14.5 Å². The molecule has 2 saturated heterocycles. The maximum atomic E-state index is 11.9. The van der Waals surface area contributed by atoms with Crippen LogP contribution in [-0.2, 0) is 4.79 Å². The summed E-state index contributed by atoms with van der Waals surface area (Å²) in [4.78, 5) is 33.4. The Balaban J connectivity index is 1.35. The molecule has 0 unspecified atom stereocenters. The van der Waals surface area contributed by atoms with Gasteiger partial charge in [0, 0.05) is 35.2 Å². The number of hydrogen-bond acceptors (Lipinski definition) is 5. The van der Waals surface area contributed by atoms with Crippen LogP contribution < -0.4 is 16.0 Å². The summed E-state index contributed by atoms with van der Waals surface area (Å²) < 4.78 is 0. The van der Waals surface area contributed by atoms with Crippen molar-refractivity contribution in [2.45, 2.75) is 43.0 Å². The van der Waals surface area contributed by atoms with Gasteiger partial charge in [0.15, 0.2) is 0 Å². The van der Waals surface area contributed by atoms with E-state index in [0.717, 1.165) is 25.0 Å². The standard InChI is InChI=1S/C16H20N4O4S/c21-14(17-10-5-7-11(8-6-10)20(23)24)4-2-1-3-13-15-12(9-25-13)18-16(22)19-15/h5-8,12-13,15H,1-4,9H2,(H,17,21)(H2,18,19,22)/t12-,13-,15-/m0/s1. The van der Waals surface area contributed by atoms with Gasteiger partial charge in [-0.3, -0.25) is 14.9 Å². The first-order valence-corrected chi connectivity index (χ1v) is 9.31. The van der Waals surface area contributed by atoms with Gasteiger partial charge in [-0.25, -0.2) is 4.79 Å². The van der Waals surface area contributed by atoms with E-state index in [9.17, 15) is 19.7 Å². The topological polar surface area (TPSA) is 113 Å². The molecule has 134 valence electrons. The number of carbonyl (C=O) groups excluding carboxylic acids is 2. The Morgan fingerprint density at radius 3 is 2.76 bits per heavy atom. The predicted molar refractivity (Wildman–Crippen MR) is 95.7 cm³/mol. The fraction of sp³-hybridized carbons (Fsp3) is 0.500. The number of carbonyl (C=O) groups is 2. The first-order chi connectivity index (χ1) is 12.0. The Morgan fingerprint density at radius 1 is 1.28 bits per heavy atom. The number of fused-ring (bicyclic) bond motifs is 1. The maximum absolute atomic E-state index is 11.9. The fourth-order valence-electron chi connectivity index (χ4n) is 3.16. The minimum Gasteiger partial charge on any atom is -0.332 e. The number of non-ortho nitro benzene ring substituents is 1. The van der Waals surface area contributed by atoms with Gasteiger partial charge in [0.05, 0.1) is 17.0 Å². The lowest BCUT2D eigenvalue weighted by Crippen LogP contribution is -2.36. The van der Waals surface area contributed by atoms with E-state index in [1.807, 2.05) is 11.8 Å². The average Bonchev–Trinajstić information content (AvgIpc) is 3.11. The van der Waals surface area contributed by atoms with Crippen molar-refractivity contribution in [2.24, 2.45) is 0 Å². The molecule has 0 saturated carbocycles. The normalized spacial score (nSPS) is 24.3. The number of benzene rings is 1. The number of nitro benzene ring substituents is 1. The van der Waals surface area contributed by atoms with Crippen molar-refractivity contribution in [3.8, 4) is 0 Å². The molecule has 8 nitrogen and oxygen atoms in total. The van der Waals surface area contributed by atoms with Crippen molar-refractivity contribution in [2.75, 3.05) is 11.1 Å². The summed E-state index contributed by atoms with van der Waals surface area (Å²) in [6.45, 7) is 0. The third-order valence-corrected chi connectivity index (χ3v) is 5.95. The minimum absolute atomic E-state index is 0.00106. The molecule has 0 bridgehead atoms. The quantitative estimate of drug-likeness (QED) is 0.297. The highest BCUT2D eigenvalue weighted by molar-refractivity contribution is 8.00. The summed E-state index contributed by atoms with van der Waals surface area (Å²) in [5.41, 5.74) is 0.559. The van der Waals surface area contributed by atoms with Gasteiger partial charge in [0.2, 0.25) is 5.91 Å². The second-order valence-electron chi connectivity index (χ2n) is 6.22. The largest absolute Gasteiger partial charge is 0.332 e. The van der Waals surface area contributed by atoms with E-state index in [4.69, 9.17) is 0 Å². The van der Waals surface area contributed by atoms with Crippen LogP contribution in [0.5, 0.6) is 0 Å². The maximum Gasteiger partial charge on any atom is 0.315 e. The molecule has 3 rings (SSSR count). The highest BCUT2D eigenvalue weighted by Crippen LogP contribution is 2.33. The SMILES string of the molecule is O=C(CCCC[C@@H]1SC[C@@H]2NC(=O)N[C@@H]21)Nc1ccc([N+](=O)[O-])cc1. The second-order valence-corrected chi connectivity index (χ2v) is 7.49. The van der Waals surface area contributed by atoms with E-state index in [-0.39, 0.29) is 29.7 Å². The summed E-state index contributed by atoms with van der Waals surface area (Å²) in [5.74, 6) is 0.843. The molecule has 1 aromatic rings. The number of nitro groups is 1. The zero-order valence-corrected chi connectivity index (χ0v) is 14.4. The van der Waals surface area contributed by atoms with Crippen LogP contribution in [-0.4, -0.2) is 39.9 Å². The monoisotopic (exact) mass is 364 g/mol. The number of rotatable bonds is 7. The molecule has 2 heterocycles. The van der Waals surface area contributed by atoms with E-state index in [1.54, 1.807) is 0 Å². The van der Waals surface area contributed by atoms with Crippen LogP contribution >= 0.6 is 11.8 Å². The van der Waals surface area contributed by atoms with Gasteiger partial charge in [0.25, 0.3) is 5.69 Å². The third kappa shape index (κ3) is 4.41. The lowest BCUT2D eigenvalue weighted by Gasteiger charge is -2.16. The van der Waals surface area contributed by atoms with E-state index in [1.165, 1.54) is 24.3 Å². The van der Waals surface area contributed by atoms with E-state index >= 15 is 0 Å². The van der Waals surface area contributed by atoms with E-state index in [0.29, 0.717) is 17.4 Å². The molecule has 2 aliphatic heterocycles. The minimum atomic E-state index is -0.473. The molecule has 0 aliphatic carbocycles.